The summed E-state index contributed by atoms with van der Waals surface area (Å²) in [7, 11) is 3.23. The molecule has 2 heterocycles. The Kier molecular flexibility index (Phi) is 4.00. The van der Waals surface area contributed by atoms with Crippen molar-refractivity contribution in [1.29, 1.82) is 0 Å². The van der Waals surface area contributed by atoms with Gasteiger partial charge < -0.3 is 19.8 Å². The van der Waals surface area contributed by atoms with Gasteiger partial charge in [-0.05, 0) is 37.5 Å². The Morgan fingerprint density at radius 3 is 2.82 bits per heavy atom. The van der Waals surface area contributed by atoms with E-state index in [1.54, 1.807) is 14.2 Å². The Balaban J connectivity index is 2.23. The minimum absolute atomic E-state index is 0.368. The van der Waals surface area contributed by atoms with Crippen LogP contribution in [-0.4, -0.2) is 30.7 Å². The number of hydrogen-bond acceptors (Lipinski definition) is 5. The van der Waals surface area contributed by atoms with Crippen LogP contribution in [-0.2, 0) is 6.42 Å². The highest BCUT2D eigenvalue weighted by Gasteiger charge is 2.19. The molecule has 1 aromatic carbocycles. The quantitative estimate of drug-likeness (QED) is 0.909. The first-order valence-electron chi connectivity index (χ1n) is 7.32. The van der Waals surface area contributed by atoms with Crippen LogP contribution in [0.5, 0.6) is 11.5 Å². The minimum atomic E-state index is -0.368. The lowest BCUT2D eigenvalue weighted by atomic mass is 10.0. The van der Waals surface area contributed by atoms with Gasteiger partial charge in [-0.25, -0.2) is 4.79 Å². The van der Waals surface area contributed by atoms with E-state index in [1.165, 1.54) is 0 Å². The van der Waals surface area contributed by atoms with E-state index in [9.17, 15) is 4.79 Å². The first-order valence-corrected chi connectivity index (χ1v) is 7.32. The molecule has 0 saturated heterocycles. The molecule has 2 aromatic rings. The van der Waals surface area contributed by atoms with Crippen molar-refractivity contribution in [2.75, 3.05) is 26.1 Å². The average Bonchev–Trinajstić information content (AvgIpc) is 2.78. The summed E-state index contributed by atoms with van der Waals surface area (Å²) in [5.74, 6) is 2.07. The predicted molar refractivity (Wildman–Crippen MR) is 84.8 cm³/mol. The summed E-state index contributed by atoms with van der Waals surface area (Å²) in [5, 5.41) is 3.24. The van der Waals surface area contributed by atoms with E-state index >= 15 is 0 Å². The molecular weight excluding hydrogens is 282 g/mol. The Morgan fingerprint density at radius 2 is 2.05 bits per heavy atom. The van der Waals surface area contributed by atoms with Gasteiger partial charge >= 0.3 is 5.69 Å². The van der Waals surface area contributed by atoms with Crippen molar-refractivity contribution in [3.05, 3.63) is 34.2 Å². The fourth-order valence-corrected chi connectivity index (χ4v) is 2.76. The highest BCUT2D eigenvalue weighted by Crippen LogP contribution is 2.36. The largest absolute Gasteiger partial charge is 0.497 e. The first kappa shape index (κ1) is 14.4. The van der Waals surface area contributed by atoms with E-state index in [1.807, 2.05) is 18.2 Å². The second-order valence-corrected chi connectivity index (χ2v) is 5.19. The van der Waals surface area contributed by atoms with E-state index < -0.39 is 0 Å². The van der Waals surface area contributed by atoms with Crippen LogP contribution in [0.2, 0.25) is 0 Å². The zero-order valence-electron chi connectivity index (χ0n) is 12.7. The van der Waals surface area contributed by atoms with Gasteiger partial charge in [0.25, 0.3) is 0 Å². The maximum absolute atomic E-state index is 11.9. The lowest BCUT2D eigenvalue weighted by molar-refractivity contribution is 0.404. The van der Waals surface area contributed by atoms with Crippen molar-refractivity contribution in [3.8, 4) is 22.8 Å². The molecule has 2 N–H and O–H groups in total. The van der Waals surface area contributed by atoms with E-state index in [2.05, 4.69) is 15.3 Å². The number of nitrogens with one attached hydrogen (secondary N) is 2. The Morgan fingerprint density at radius 1 is 1.18 bits per heavy atom. The third kappa shape index (κ3) is 2.64. The van der Waals surface area contributed by atoms with Gasteiger partial charge in [0.15, 0.2) is 0 Å². The number of H-pyrrole nitrogens is 1. The molecule has 0 unspecified atom stereocenters. The summed E-state index contributed by atoms with van der Waals surface area (Å²) in [5.41, 5.74) is 2.21. The third-order valence-corrected chi connectivity index (χ3v) is 3.85. The maximum Gasteiger partial charge on any atom is 0.347 e. The lowest BCUT2D eigenvalue weighted by Gasteiger charge is -2.15. The van der Waals surface area contributed by atoms with Crippen LogP contribution in [0.4, 0.5) is 5.82 Å². The maximum atomic E-state index is 11.9. The summed E-state index contributed by atoms with van der Waals surface area (Å²) in [4.78, 5) is 18.9. The average molecular weight is 301 g/mol. The molecule has 0 saturated carbocycles. The van der Waals surface area contributed by atoms with E-state index in [0.29, 0.717) is 17.3 Å². The molecule has 0 radical (unpaired) electrons. The minimum Gasteiger partial charge on any atom is -0.497 e. The van der Waals surface area contributed by atoms with Gasteiger partial charge in [0.2, 0.25) is 0 Å². The van der Waals surface area contributed by atoms with Gasteiger partial charge in [0.05, 0.1) is 19.9 Å². The molecule has 1 aromatic heterocycles. The molecule has 116 valence electrons. The Hall–Kier alpha value is -2.50. The molecule has 0 atom stereocenters. The van der Waals surface area contributed by atoms with Crippen LogP contribution in [0.25, 0.3) is 11.3 Å². The highest BCUT2D eigenvalue weighted by atomic mass is 16.5. The lowest BCUT2D eigenvalue weighted by Crippen LogP contribution is -2.17. The zero-order chi connectivity index (χ0) is 15.5. The molecule has 0 spiro atoms. The fourth-order valence-electron chi connectivity index (χ4n) is 2.76. The SMILES string of the molecule is COc1ccc(OC)c(-c2[nH]c(=O)nc3c2CCCCN3)c1. The van der Waals surface area contributed by atoms with Crippen molar-refractivity contribution in [3.63, 3.8) is 0 Å². The van der Waals surface area contributed by atoms with E-state index in [-0.39, 0.29) is 5.69 Å². The van der Waals surface area contributed by atoms with Gasteiger partial charge in [-0.15, -0.1) is 0 Å². The van der Waals surface area contributed by atoms with Crippen LogP contribution < -0.4 is 20.5 Å². The zero-order valence-corrected chi connectivity index (χ0v) is 12.7. The first-order chi connectivity index (χ1) is 10.7. The van der Waals surface area contributed by atoms with Gasteiger partial charge in [0.1, 0.15) is 17.3 Å². The summed E-state index contributed by atoms with van der Waals surface area (Å²) in [6, 6.07) is 5.54. The summed E-state index contributed by atoms with van der Waals surface area (Å²) < 4.78 is 10.7. The molecule has 6 nitrogen and oxygen atoms in total. The van der Waals surface area contributed by atoms with Gasteiger partial charge in [-0.1, -0.05) is 0 Å². The number of hydrogen-bond donors (Lipinski definition) is 2. The van der Waals surface area contributed by atoms with Crippen LogP contribution in [0, 0.1) is 0 Å². The number of ether oxygens (including phenoxy) is 2. The number of aromatic nitrogens is 2. The van der Waals surface area contributed by atoms with Gasteiger partial charge in [-0.2, -0.15) is 4.98 Å². The van der Waals surface area contributed by atoms with Crippen molar-refractivity contribution >= 4 is 5.82 Å². The molecule has 1 aliphatic heterocycles. The van der Waals surface area contributed by atoms with Crippen LogP contribution in [0.1, 0.15) is 18.4 Å². The number of methoxy groups -OCH3 is 2. The normalized spacial score (nSPS) is 13.7. The summed E-state index contributed by atoms with van der Waals surface area (Å²) in [6.07, 6.45) is 2.97. The van der Waals surface area contributed by atoms with Crippen molar-refractivity contribution in [2.24, 2.45) is 0 Å². The topological polar surface area (TPSA) is 76.2 Å². The fraction of sp³-hybridized carbons (Fsp3) is 0.375. The molecular formula is C16H19N3O3. The number of anilines is 1. The Bertz CT molecular complexity index is 740. The van der Waals surface area contributed by atoms with Crippen molar-refractivity contribution in [1.82, 2.24) is 9.97 Å². The summed E-state index contributed by atoms with van der Waals surface area (Å²) in [6.45, 7) is 0.831. The molecule has 6 heteroatoms. The predicted octanol–water partition coefficient (Wildman–Crippen LogP) is 2.20. The number of fused-ring (bicyclic) bond motifs is 1. The second kappa shape index (κ2) is 6.09. The number of benzene rings is 1. The van der Waals surface area contributed by atoms with Crippen LogP contribution >= 0.6 is 0 Å². The van der Waals surface area contributed by atoms with Gasteiger partial charge in [0, 0.05) is 17.7 Å². The van der Waals surface area contributed by atoms with Crippen molar-refractivity contribution < 1.29 is 9.47 Å². The van der Waals surface area contributed by atoms with Crippen molar-refractivity contribution in [2.45, 2.75) is 19.3 Å². The summed E-state index contributed by atoms with van der Waals surface area (Å²) >= 11 is 0. The number of rotatable bonds is 3. The van der Waals surface area contributed by atoms with Gasteiger partial charge in [-0.3, -0.25) is 0 Å². The molecule has 0 aliphatic carbocycles. The number of nitrogens with zero attached hydrogens (tertiary/aromatic N) is 1. The molecule has 0 bridgehead atoms. The molecule has 0 amide bonds. The second-order valence-electron chi connectivity index (χ2n) is 5.19. The van der Waals surface area contributed by atoms with Crippen LogP contribution in [0.3, 0.4) is 0 Å². The monoisotopic (exact) mass is 301 g/mol. The highest BCUT2D eigenvalue weighted by molar-refractivity contribution is 5.75. The molecule has 1 aliphatic rings. The molecule has 22 heavy (non-hydrogen) atoms. The third-order valence-electron chi connectivity index (χ3n) is 3.85. The smallest absolute Gasteiger partial charge is 0.347 e. The van der Waals surface area contributed by atoms with E-state index in [0.717, 1.165) is 42.6 Å². The molecule has 0 fully saturated rings. The number of aromatic amines is 1. The van der Waals surface area contributed by atoms with E-state index in [4.69, 9.17) is 9.47 Å². The molecule has 3 rings (SSSR count). The standard InChI is InChI=1S/C16H19N3O3/c1-21-10-6-7-13(22-2)12(9-10)14-11-5-3-4-8-17-15(11)19-16(20)18-14/h6-7,9H,3-5,8H2,1-2H3,(H2,17,18,19,20). The van der Waals surface area contributed by atoms with Crippen LogP contribution in [0.15, 0.2) is 23.0 Å². The Labute approximate surface area is 128 Å².